The standard InChI is InChI=1S/C15H11BrF3N3O2/c16-11-3-9(5-20-6-11)14(23)22-7-12(8-22)24-13-4-10(1-2-21-13)15(17,18)19/h1-6,12H,7-8H2. The summed E-state index contributed by atoms with van der Waals surface area (Å²) in [7, 11) is 0. The summed E-state index contributed by atoms with van der Waals surface area (Å²) in [6.45, 7) is 0.562. The zero-order valence-electron chi connectivity index (χ0n) is 12.1. The molecule has 0 unspecified atom stereocenters. The molecule has 5 nitrogen and oxygen atoms in total. The van der Waals surface area contributed by atoms with Crippen LogP contribution < -0.4 is 4.74 Å². The number of carbonyl (C=O) groups is 1. The molecule has 0 bridgehead atoms. The number of hydrogen-bond donors (Lipinski definition) is 0. The number of carbonyl (C=O) groups excluding carboxylic acids is 1. The van der Waals surface area contributed by atoms with Crippen molar-refractivity contribution in [3.05, 3.63) is 52.4 Å². The maximum Gasteiger partial charge on any atom is 0.416 e. The SMILES string of the molecule is O=C(c1cncc(Br)c1)N1CC(Oc2cc(C(F)(F)F)ccn2)C1. The number of rotatable bonds is 3. The number of pyridine rings is 2. The highest BCUT2D eigenvalue weighted by Gasteiger charge is 2.35. The Balaban J connectivity index is 1.59. The third-order valence-corrected chi connectivity index (χ3v) is 3.87. The van der Waals surface area contributed by atoms with Gasteiger partial charge in [0.15, 0.2) is 0 Å². The van der Waals surface area contributed by atoms with E-state index in [2.05, 4.69) is 25.9 Å². The molecule has 1 fully saturated rings. The number of amides is 1. The third kappa shape index (κ3) is 3.66. The van der Waals surface area contributed by atoms with Crippen LogP contribution in [0.25, 0.3) is 0 Å². The van der Waals surface area contributed by atoms with Gasteiger partial charge in [-0.3, -0.25) is 9.78 Å². The second-order valence-corrected chi connectivity index (χ2v) is 6.14. The highest BCUT2D eigenvalue weighted by Crippen LogP contribution is 2.31. The molecule has 9 heteroatoms. The van der Waals surface area contributed by atoms with Gasteiger partial charge in [-0.1, -0.05) is 0 Å². The Morgan fingerprint density at radius 1 is 1.29 bits per heavy atom. The Morgan fingerprint density at radius 2 is 2.04 bits per heavy atom. The molecule has 24 heavy (non-hydrogen) atoms. The monoisotopic (exact) mass is 401 g/mol. The van der Waals surface area contributed by atoms with Crippen LogP contribution in [0.3, 0.4) is 0 Å². The first kappa shape index (κ1) is 16.7. The van der Waals surface area contributed by atoms with Gasteiger partial charge < -0.3 is 9.64 Å². The fraction of sp³-hybridized carbons (Fsp3) is 0.267. The molecule has 2 aromatic rings. The maximum absolute atomic E-state index is 12.6. The van der Waals surface area contributed by atoms with Crippen LogP contribution in [0.5, 0.6) is 5.88 Å². The van der Waals surface area contributed by atoms with E-state index < -0.39 is 11.7 Å². The molecule has 0 aliphatic carbocycles. The Hall–Kier alpha value is -2.16. The molecule has 0 spiro atoms. The molecule has 0 atom stereocenters. The first-order chi connectivity index (χ1) is 11.3. The average Bonchev–Trinajstić information content (AvgIpc) is 2.49. The van der Waals surface area contributed by atoms with E-state index in [9.17, 15) is 18.0 Å². The largest absolute Gasteiger partial charge is 0.471 e. The maximum atomic E-state index is 12.6. The van der Waals surface area contributed by atoms with Crippen molar-refractivity contribution >= 4 is 21.8 Å². The molecule has 0 radical (unpaired) electrons. The van der Waals surface area contributed by atoms with Crippen LogP contribution >= 0.6 is 15.9 Å². The predicted octanol–water partition coefficient (Wildman–Crippen LogP) is 3.16. The minimum atomic E-state index is -4.45. The van der Waals surface area contributed by atoms with Crippen LogP contribution in [0.15, 0.2) is 41.3 Å². The summed E-state index contributed by atoms with van der Waals surface area (Å²) in [5.41, 5.74) is -0.389. The number of halogens is 4. The van der Waals surface area contributed by atoms with Crippen LogP contribution in [0, 0.1) is 0 Å². The van der Waals surface area contributed by atoms with Crippen LogP contribution in [0.4, 0.5) is 13.2 Å². The minimum Gasteiger partial charge on any atom is -0.471 e. The molecule has 2 aromatic heterocycles. The van der Waals surface area contributed by atoms with E-state index in [1.165, 1.54) is 11.1 Å². The lowest BCUT2D eigenvalue weighted by atomic mass is 10.1. The van der Waals surface area contributed by atoms with E-state index in [0.717, 1.165) is 18.3 Å². The highest BCUT2D eigenvalue weighted by atomic mass is 79.9. The molecule has 1 aliphatic rings. The lowest BCUT2D eigenvalue weighted by Crippen LogP contribution is -2.56. The van der Waals surface area contributed by atoms with Gasteiger partial charge in [0.05, 0.1) is 24.2 Å². The number of aromatic nitrogens is 2. The molecular weight excluding hydrogens is 391 g/mol. The molecular formula is C15H11BrF3N3O2. The number of ether oxygens (including phenoxy) is 1. The second-order valence-electron chi connectivity index (χ2n) is 5.22. The number of alkyl halides is 3. The second kappa shape index (κ2) is 6.39. The molecule has 1 amide bonds. The van der Waals surface area contributed by atoms with Crippen molar-refractivity contribution in [2.75, 3.05) is 13.1 Å². The summed E-state index contributed by atoms with van der Waals surface area (Å²) >= 11 is 3.24. The lowest BCUT2D eigenvalue weighted by Gasteiger charge is -2.38. The van der Waals surface area contributed by atoms with Crippen molar-refractivity contribution in [3.8, 4) is 5.88 Å². The lowest BCUT2D eigenvalue weighted by molar-refractivity contribution is -0.137. The number of nitrogens with zero attached hydrogens (tertiary/aromatic N) is 3. The summed E-state index contributed by atoms with van der Waals surface area (Å²) in [5, 5.41) is 0. The van der Waals surface area contributed by atoms with Crippen molar-refractivity contribution in [1.29, 1.82) is 0 Å². The van der Waals surface area contributed by atoms with Crippen LogP contribution in [-0.4, -0.2) is 40.0 Å². The van der Waals surface area contributed by atoms with Crippen LogP contribution in [0.2, 0.25) is 0 Å². The normalized spacial score (nSPS) is 15.1. The average molecular weight is 402 g/mol. The Morgan fingerprint density at radius 3 is 2.71 bits per heavy atom. The van der Waals surface area contributed by atoms with Gasteiger partial charge in [0, 0.05) is 29.1 Å². The van der Waals surface area contributed by atoms with Gasteiger partial charge >= 0.3 is 6.18 Å². The Bertz CT molecular complexity index is 764. The molecule has 0 N–H and O–H groups in total. The van der Waals surface area contributed by atoms with Gasteiger partial charge in [-0.2, -0.15) is 13.2 Å². The number of hydrogen-bond acceptors (Lipinski definition) is 4. The molecule has 1 saturated heterocycles. The van der Waals surface area contributed by atoms with E-state index >= 15 is 0 Å². The Kier molecular flexibility index (Phi) is 4.44. The van der Waals surface area contributed by atoms with Gasteiger partial charge in [0.1, 0.15) is 6.10 Å². The Labute approximate surface area is 143 Å². The quantitative estimate of drug-likeness (QED) is 0.792. The van der Waals surface area contributed by atoms with Crippen LogP contribution in [0.1, 0.15) is 15.9 Å². The van der Waals surface area contributed by atoms with Crippen molar-refractivity contribution < 1.29 is 22.7 Å². The van der Waals surface area contributed by atoms with Gasteiger partial charge in [-0.05, 0) is 28.1 Å². The van der Waals surface area contributed by atoms with E-state index in [1.54, 1.807) is 12.3 Å². The summed E-state index contributed by atoms with van der Waals surface area (Å²) in [5.74, 6) is -0.313. The molecule has 3 heterocycles. The highest BCUT2D eigenvalue weighted by molar-refractivity contribution is 9.10. The van der Waals surface area contributed by atoms with Crippen molar-refractivity contribution in [2.45, 2.75) is 12.3 Å². The van der Waals surface area contributed by atoms with Gasteiger partial charge in [0.2, 0.25) is 5.88 Å². The molecule has 126 valence electrons. The molecule has 3 rings (SSSR count). The van der Waals surface area contributed by atoms with E-state index in [4.69, 9.17) is 4.74 Å². The number of likely N-dealkylation sites (tertiary alicyclic amines) is 1. The van der Waals surface area contributed by atoms with E-state index in [0.29, 0.717) is 10.0 Å². The smallest absolute Gasteiger partial charge is 0.416 e. The van der Waals surface area contributed by atoms with Gasteiger partial charge in [0.25, 0.3) is 5.91 Å². The van der Waals surface area contributed by atoms with E-state index in [1.807, 2.05) is 0 Å². The first-order valence-corrected chi connectivity index (χ1v) is 7.72. The van der Waals surface area contributed by atoms with Crippen LogP contribution in [-0.2, 0) is 6.18 Å². The fourth-order valence-electron chi connectivity index (χ4n) is 2.21. The van der Waals surface area contributed by atoms with Gasteiger partial charge in [-0.25, -0.2) is 4.98 Å². The zero-order valence-corrected chi connectivity index (χ0v) is 13.7. The first-order valence-electron chi connectivity index (χ1n) is 6.92. The van der Waals surface area contributed by atoms with Crippen molar-refractivity contribution in [2.24, 2.45) is 0 Å². The summed E-state index contributed by atoms with van der Waals surface area (Å²) in [4.78, 5) is 21.4. The summed E-state index contributed by atoms with van der Waals surface area (Å²) < 4.78 is 44.0. The van der Waals surface area contributed by atoms with E-state index in [-0.39, 0.29) is 31.0 Å². The van der Waals surface area contributed by atoms with Gasteiger partial charge in [-0.15, -0.1) is 0 Å². The molecule has 0 aromatic carbocycles. The van der Waals surface area contributed by atoms with Crippen molar-refractivity contribution in [3.63, 3.8) is 0 Å². The van der Waals surface area contributed by atoms with Crippen molar-refractivity contribution in [1.82, 2.24) is 14.9 Å². The summed E-state index contributed by atoms with van der Waals surface area (Å²) in [6.07, 6.45) is -0.762. The third-order valence-electron chi connectivity index (χ3n) is 3.44. The zero-order chi connectivity index (χ0) is 17.3. The summed E-state index contributed by atoms with van der Waals surface area (Å²) in [6, 6.07) is 3.38. The molecule has 0 saturated carbocycles. The topological polar surface area (TPSA) is 55.3 Å². The minimum absolute atomic E-state index is 0.106. The fourth-order valence-corrected chi connectivity index (χ4v) is 2.58. The predicted molar refractivity (Wildman–Crippen MR) is 81.5 cm³/mol. The molecule has 1 aliphatic heterocycles.